The van der Waals surface area contributed by atoms with Gasteiger partial charge in [0.05, 0.1) is 6.10 Å². The van der Waals surface area contributed by atoms with Gasteiger partial charge < -0.3 is 9.67 Å². The van der Waals surface area contributed by atoms with Crippen LogP contribution in [0.4, 0.5) is 4.39 Å². The molecular weight excluding hydrogens is 401 g/mol. The normalized spacial score (nSPS) is 12.4. The average molecular weight is 423 g/mol. The lowest BCUT2D eigenvalue weighted by Crippen LogP contribution is -2.36. The molecule has 160 valence electrons. The minimum absolute atomic E-state index is 0.0742. The number of nitrogens with zero attached hydrogens (tertiary/aromatic N) is 4. The molecule has 3 aromatic heterocycles. The molecule has 0 unspecified atom stereocenters. The molecule has 1 aromatic carbocycles. The first kappa shape index (κ1) is 20.7. The maximum absolute atomic E-state index is 13.4. The number of aryl methyl sites for hydroxylation is 1. The first-order valence-electron chi connectivity index (χ1n) is 9.93. The van der Waals surface area contributed by atoms with Gasteiger partial charge >= 0.3 is 5.69 Å². The van der Waals surface area contributed by atoms with E-state index in [1.54, 1.807) is 35.9 Å². The summed E-state index contributed by atoms with van der Waals surface area (Å²) in [7, 11) is 0. The topological polar surface area (TPSA) is 106 Å². The van der Waals surface area contributed by atoms with Crippen LogP contribution in [0.3, 0.4) is 0 Å². The third-order valence-corrected chi connectivity index (χ3v) is 5.16. The third-order valence-electron chi connectivity index (χ3n) is 5.16. The van der Waals surface area contributed by atoms with Crippen molar-refractivity contribution >= 4 is 11.2 Å². The van der Waals surface area contributed by atoms with Gasteiger partial charge in [-0.05, 0) is 50.1 Å². The predicted molar refractivity (Wildman–Crippen MR) is 114 cm³/mol. The summed E-state index contributed by atoms with van der Waals surface area (Å²) in [6.45, 7) is 3.75. The maximum Gasteiger partial charge on any atom is 0.330 e. The second-order valence-electron chi connectivity index (χ2n) is 7.51. The van der Waals surface area contributed by atoms with E-state index in [0.29, 0.717) is 5.82 Å². The molecule has 0 fully saturated rings. The highest BCUT2D eigenvalue weighted by Crippen LogP contribution is 2.25. The second-order valence-corrected chi connectivity index (χ2v) is 7.51. The largest absolute Gasteiger partial charge is 0.393 e. The van der Waals surface area contributed by atoms with Crippen molar-refractivity contribution in [2.75, 3.05) is 0 Å². The highest BCUT2D eigenvalue weighted by molar-refractivity contribution is 5.77. The van der Waals surface area contributed by atoms with Gasteiger partial charge in [-0.25, -0.2) is 14.2 Å². The van der Waals surface area contributed by atoms with Crippen LogP contribution in [0.1, 0.15) is 24.6 Å². The minimum atomic E-state index is -0.653. The van der Waals surface area contributed by atoms with Crippen LogP contribution in [-0.4, -0.2) is 35.3 Å². The van der Waals surface area contributed by atoms with Gasteiger partial charge in [-0.2, -0.15) is 0 Å². The minimum Gasteiger partial charge on any atom is -0.393 e. The molecule has 0 aliphatic carbocycles. The van der Waals surface area contributed by atoms with E-state index in [-0.39, 0.29) is 36.5 Å². The molecule has 0 aliphatic rings. The summed E-state index contributed by atoms with van der Waals surface area (Å²) in [5.74, 6) is 0.123. The summed E-state index contributed by atoms with van der Waals surface area (Å²) in [4.78, 5) is 37.3. The number of benzene rings is 1. The number of imidazole rings is 1. The fraction of sp³-hybridized carbons (Fsp3) is 0.273. The average Bonchev–Trinajstić information content (AvgIpc) is 3.07. The number of aliphatic hydroxyl groups excluding tert-OH is 1. The summed E-state index contributed by atoms with van der Waals surface area (Å²) in [5.41, 5.74) is 1.52. The molecule has 0 radical (unpaired) electrons. The number of aromatic nitrogens is 5. The van der Waals surface area contributed by atoms with Crippen LogP contribution >= 0.6 is 0 Å². The van der Waals surface area contributed by atoms with E-state index in [2.05, 4.69) is 15.0 Å². The third kappa shape index (κ3) is 4.04. The molecule has 0 saturated heterocycles. The lowest BCUT2D eigenvalue weighted by atomic mass is 10.1. The Morgan fingerprint density at radius 1 is 1.16 bits per heavy atom. The number of rotatable bonds is 6. The number of pyridine rings is 1. The van der Waals surface area contributed by atoms with Crippen LogP contribution in [0.2, 0.25) is 0 Å². The van der Waals surface area contributed by atoms with Crippen LogP contribution in [0.5, 0.6) is 0 Å². The van der Waals surface area contributed by atoms with Crippen molar-refractivity contribution in [1.29, 1.82) is 0 Å². The second kappa shape index (κ2) is 8.27. The van der Waals surface area contributed by atoms with Crippen LogP contribution in [-0.2, 0) is 13.1 Å². The molecule has 0 saturated carbocycles. The molecule has 31 heavy (non-hydrogen) atoms. The predicted octanol–water partition coefficient (Wildman–Crippen LogP) is 2.22. The number of halogens is 1. The lowest BCUT2D eigenvalue weighted by molar-refractivity contribution is 0.177. The van der Waals surface area contributed by atoms with Crippen molar-refractivity contribution in [3.8, 4) is 11.4 Å². The van der Waals surface area contributed by atoms with E-state index in [1.807, 2.05) is 13.0 Å². The highest BCUT2D eigenvalue weighted by atomic mass is 19.1. The Hall–Kier alpha value is -3.59. The van der Waals surface area contributed by atoms with E-state index >= 15 is 0 Å². The Labute approximate surface area is 176 Å². The summed E-state index contributed by atoms with van der Waals surface area (Å²) >= 11 is 0. The first-order chi connectivity index (χ1) is 14.8. The fourth-order valence-electron chi connectivity index (χ4n) is 3.52. The number of hydrogen-bond donors (Lipinski definition) is 2. The molecule has 0 amide bonds. The lowest BCUT2D eigenvalue weighted by Gasteiger charge is -2.11. The number of aromatic amines is 1. The number of fused-ring (bicyclic) bond motifs is 1. The molecular formula is C22H22FN5O3. The van der Waals surface area contributed by atoms with Crippen LogP contribution in [0, 0.1) is 12.7 Å². The Morgan fingerprint density at radius 2 is 1.90 bits per heavy atom. The monoisotopic (exact) mass is 423 g/mol. The molecule has 8 nitrogen and oxygen atoms in total. The molecule has 0 bridgehead atoms. The van der Waals surface area contributed by atoms with Gasteiger partial charge in [-0.3, -0.25) is 19.3 Å². The quantitative estimate of drug-likeness (QED) is 0.495. The Kier molecular flexibility index (Phi) is 5.51. The van der Waals surface area contributed by atoms with Gasteiger partial charge in [-0.15, -0.1) is 0 Å². The standard InChI is InChI=1S/C22H22FN5O3/c1-13(29)9-11-27-21(30)18-19(26-22(27)31)25-20(17-4-3-10-24-14(17)2)28(18)12-15-5-7-16(23)8-6-15/h3-8,10,13,29H,9,11-12H2,1-2H3,(H,26,31)/t13-/m1/s1. The zero-order valence-corrected chi connectivity index (χ0v) is 17.2. The van der Waals surface area contributed by atoms with E-state index in [0.717, 1.165) is 21.4 Å². The molecule has 1 atom stereocenters. The van der Waals surface area contributed by atoms with E-state index in [1.165, 1.54) is 12.1 Å². The van der Waals surface area contributed by atoms with Crippen molar-refractivity contribution in [2.45, 2.75) is 39.5 Å². The first-order valence-corrected chi connectivity index (χ1v) is 9.93. The molecule has 4 aromatic rings. The van der Waals surface area contributed by atoms with Gasteiger partial charge in [0, 0.05) is 30.5 Å². The Balaban J connectivity index is 1.97. The zero-order valence-electron chi connectivity index (χ0n) is 17.2. The molecule has 2 N–H and O–H groups in total. The van der Waals surface area contributed by atoms with Gasteiger partial charge in [0.15, 0.2) is 11.2 Å². The molecule has 4 rings (SSSR count). The zero-order chi connectivity index (χ0) is 22.1. The van der Waals surface area contributed by atoms with Gasteiger partial charge in [0.25, 0.3) is 5.56 Å². The van der Waals surface area contributed by atoms with E-state index < -0.39 is 17.4 Å². The highest BCUT2D eigenvalue weighted by Gasteiger charge is 2.20. The van der Waals surface area contributed by atoms with Gasteiger partial charge in [0.2, 0.25) is 0 Å². The van der Waals surface area contributed by atoms with Crippen LogP contribution < -0.4 is 11.2 Å². The molecule has 0 spiro atoms. The summed E-state index contributed by atoms with van der Waals surface area (Å²) in [6, 6.07) is 9.60. The van der Waals surface area contributed by atoms with Crippen molar-refractivity contribution in [3.63, 3.8) is 0 Å². The van der Waals surface area contributed by atoms with Crippen LogP contribution in [0.25, 0.3) is 22.6 Å². The fourth-order valence-corrected chi connectivity index (χ4v) is 3.52. The number of aliphatic hydroxyl groups is 1. The molecule has 0 aliphatic heterocycles. The number of H-pyrrole nitrogens is 1. The van der Waals surface area contributed by atoms with Crippen LogP contribution in [0.15, 0.2) is 52.2 Å². The van der Waals surface area contributed by atoms with Crippen molar-refractivity contribution in [1.82, 2.24) is 24.1 Å². The van der Waals surface area contributed by atoms with Gasteiger partial charge in [0.1, 0.15) is 11.6 Å². The summed E-state index contributed by atoms with van der Waals surface area (Å²) in [5, 5.41) is 9.58. The Bertz CT molecular complexity index is 1350. The summed E-state index contributed by atoms with van der Waals surface area (Å²) in [6.07, 6.45) is 1.27. The van der Waals surface area contributed by atoms with E-state index in [9.17, 15) is 19.1 Å². The molecule has 3 heterocycles. The SMILES string of the molecule is Cc1ncccc1-c1nc2[nH]c(=O)n(CC[C@@H](C)O)c(=O)c2n1Cc1ccc(F)cc1. The molecule has 9 heteroatoms. The van der Waals surface area contributed by atoms with Crippen molar-refractivity contribution in [2.24, 2.45) is 0 Å². The Morgan fingerprint density at radius 3 is 2.58 bits per heavy atom. The van der Waals surface area contributed by atoms with Crippen molar-refractivity contribution < 1.29 is 9.50 Å². The van der Waals surface area contributed by atoms with Crippen molar-refractivity contribution in [3.05, 3.63) is 80.5 Å². The number of nitrogens with one attached hydrogen (secondary N) is 1. The smallest absolute Gasteiger partial charge is 0.330 e. The maximum atomic E-state index is 13.4. The van der Waals surface area contributed by atoms with E-state index in [4.69, 9.17) is 0 Å². The summed E-state index contributed by atoms with van der Waals surface area (Å²) < 4.78 is 16.2. The van der Waals surface area contributed by atoms with Gasteiger partial charge in [-0.1, -0.05) is 12.1 Å². The number of hydrogen-bond acceptors (Lipinski definition) is 5.